The van der Waals surface area contributed by atoms with Crippen molar-refractivity contribution in [2.24, 2.45) is 0 Å². The Morgan fingerprint density at radius 1 is 0.274 bits per heavy atom. The van der Waals surface area contributed by atoms with Gasteiger partial charge in [0.2, 0.25) is 0 Å². The lowest BCUT2D eigenvalue weighted by atomic mass is 10.1. The van der Waals surface area contributed by atoms with Crippen LogP contribution in [-0.4, -0.2) is 13.7 Å². The Hall–Kier alpha value is -10.2. The van der Waals surface area contributed by atoms with Crippen LogP contribution in [0.2, 0.25) is 0 Å². The molecule has 0 spiro atoms. The molecule has 6 aromatic heterocycles. The van der Waals surface area contributed by atoms with E-state index in [1.54, 1.807) is 0 Å². The van der Waals surface area contributed by atoms with Crippen molar-refractivity contribution in [3.05, 3.63) is 250 Å². The van der Waals surface area contributed by atoms with Gasteiger partial charge in [0.15, 0.2) is 16.3 Å². The second-order valence-electron chi connectivity index (χ2n) is 18.4. The second kappa shape index (κ2) is 15.4. The van der Waals surface area contributed by atoms with Gasteiger partial charge in [-0.3, -0.25) is 14.4 Å². The maximum absolute atomic E-state index is 12.7. The van der Waals surface area contributed by atoms with E-state index in [4.69, 9.17) is 13.3 Å². The number of fused-ring (bicyclic) bond motifs is 12. The molecule has 10 nitrogen and oxygen atoms in total. The molecule has 6 heterocycles. The predicted octanol–water partition coefficient (Wildman–Crippen LogP) is 14.8. The molecule has 15 aromatic rings. The third kappa shape index (κ3) is 6.07. The average molecular weight is 945 g/mol. The van der Waals surface area contributed by atoms with E-state index in [0.717, 1.165) is 99.5 Å². The number of hydrogen-bond acceptors (Lipinski definition) is 7. The first-order valence-electron chi connectivity index (χ1n) is 23.9. The van der Waals surface area contributed by atoms with Crippen LogP contribution in [0.4, 0.5) is 17.1 Å². The number of nitrogens with zero attached hydrogens (tertiary/aromatic N) is 4. The third-order valence-corrected chi connectivity index (χ3v) is 14.5. The number of para-hydroxylation sites is 3. The Kier molecular flexibility index (Phi) is 8.58. The van der Waals surface area contributed by atoms with Crippen molar-refractivity contribution >= 4 is 115 Å². The van der Waals surface area contributed by atoms with Gasteiger partial charge in [-0.15, -0.1) is 0 Å². The Morgan fingerprint density at radius 3 is 0.904 bits per heavy atom. The molecule has 0 saturated carbocycles. The molecule has 0 atom stereocenters. The maximum atomic E-state index is 12.7. The van der Waals surface area contributed by atoms with Crippen molar-refractivity contribution in [1.29, 1.82) is 0 Å². The molecular weight excluding hydrogens is 909 g/mol. The summed E-state index contributed by atoms with van der Waals surface area (Å²) >= 11 is 0. The molecule has 0 fully saturated rings. The van der Waals surface area contributed by atoms with E-state index in [1.165, 1.54) is 37.0 Å². The molecule has 0 amide bonds. The van der Waals surface area contributed by atoms with Crippen LogP contribution in [0.15, 0.2) is 247 Å². The van der Waals surface area contributed by atoms with Crippen molar-refractivity contribution in [3.8, 4) is 17.1 Å². The van der Waals surface area contributed by atoms with Gasteiger partial charge >= 0.3 is 0 Å². The van der Waals surface area contributed by atoms with E-state index in [2.05, 4.69) is 128 Å². The first kappa shape index (κ1) is 40.7. The largest absolute Gasteiger partial charge is 0.464 e. The van der Waals surface area contributed by atoms with Gasteiger partial charge in [-0.25, -0.2) is 0 Å². The fourth-order valence-electron chi connectivity index (χ4n) is 11.2. The van der Waals surface area contributed by atoms with Gasteiger partial charge in [0.05, 0.1) is 68.0 Å². The summed E-state index contributed by atoms with van der Waals surface area (Å²) in [6, 6.07) is 66.6. The zero-order valence-electron chi connectivity index (χ0n) is 38.5. The molecule has 9 aromatic carbocycles. The molecule has 0 unspecified atom stereocenters. The molecule has 0 N–H and O–H groups in total. The van der Waals surface area contributed by atoms with Crippen LogP contribution in [0.5, 0.6) is 0 Å². The lowest BCUT2D eigenvalue weighted by Crippen LogP contribution is -2.10. The van der Waals surface area contributed by atoms with Crippen LogP contribution in [0.3, 0.4) is 0 Å². The van der Waals surface area contributed by atoms with E-state index in [0.29, 0.717) is 32.9 Å². The van der Waals surface area contributed by atoms with Crippen LogP contribution in [0.1, 0.15) is 0 Å². The highest BCUT2D eigenvalue weighted by atomic mass is 16.3. The minimum absolute atomic E-state index is 0.0858. The zero-order chi connectivity index (χ0) is 48.5. The van der Waals surface area contributed by atoms with E-state index in [-0.39, 0.29) is 16.3 Å². The topological polar surface area (TPSA) is 109 Å². The standard InChI is InChI=1S/C63H36N4O6/c68-58-25-28-71-61-34-40(13-19-46(58)61)65-52-10-4-1-7-43(52)49-31-37(16-22-55(49)65)64(38-17-23-56-50(32-38)44-8-2-5-11-53(44)66(56)41-14-20-47-59(69)26-29-72-62(47)35-41)39-18-24-57-51(33-39)45-9-3-6-12-54(45)67(57)42-15-21-48-60(70)27-30-73-63(48)36-42/h1-36H. The van der Waals surface area contributed by atoms with Gasteiger partial charge < -0.3 is 31.9 Å². The summed E-state index contributed by atoms with van der Waals surface area (Å²) in [5, 5.41) is 7.95. The minimum atomic E-state index is -0.0858. The van der Waals surface area contributed by atoms with Gasteiger partial charge in [-0.1, -0.05) is 54.6 Å². The smallest absolute Gasteiger partial charge is 0.192 e. The molecule has 10 heteroatoms. The fraction of sp³-hybridized carbons (Fsp3) is 0. The van der Waals surface area contributed by atoms with Crippen molar-refractivity contribution in [3.63, 3.8) is 0 Å². The number of rotatable bonds is 6. The normalized spacial score (nSPS) is 12.0. The molecule has 0 aliphatic rings. The van der Waals surface area contributed by atoms with Crippen LogP contribution in [0, 0.1) is 0 Å². The van der Waals surface area contributed by atoms with Crippen LogP contribution >= 0.6 is 0 Å². The highest BCUT2D eigenvalue weighted by molar-refractivity contribution is 6.14. The van der Waals surface area contributed by atoms with Crippen LogP contribution in [-0.2, 0) is 0 Å². The Bertz CT molecular complexity index is 4530. The third-order valence-electron chi connectivity index (χ3n) is 14.5. The highest BCUT2D eigenvalue weighted by Crippen LogP contribution is 2.45. The summed E-state index contributed by atoms with van der Waals surface area (Å²) in [5.74, 6) is 0. The molecule has 0 saturated heterocycles. The lowest BCUT2D eigenvalue weighted by Gasteiger charge is -2.26. The van der Waals surface area contributed by atoms with Crippen molar-refractivity contribution in [2.75, 3.05) is 4.90 Å². The van der Waals surface area contributed by atoms with E-state index in [9.17, 15) is 14.4 Å². The summed E-state index contributed by atoms with van der Waals surface area (Å²) in [7, 11) is 0. The molecule has 344 valence electrons. The summed E-state index contributed by atoms with van der Waals surface area (Å²) in [6.07, 6.45) is 4.33. The van der Waals surface area contributed by atoms with Gasteiger partial charge in [0.25, 0.3) is 0 Å². The Labute approximate surface area is 412 Å². The van der Waals surface area contributed by atoms with E-state index >= 15 is 0 Å². The number of benzene rings is 9. The first-order chi connectivity index (χ1) is 35.9. The van der Waals surface area contributed by atoms with Crippen LogP contribution in [0.25, 0.3) is 115 Å². The molecule has 0 aliphatic heterocycles. The van der Waals surface area contributed by atoms with Gasteiger partial charge in [0.1, 0.15) is 16.7 Å². The molecule has 0 aliphatic carbocycles. The molecular formula is C63H36N4O6. The lowest BCUT2D eigenvalue weighted by molar-refractivity contribution is 0.602. The molecule has 73 heavy (non-hydrogen) atoms. The number of hydrogen-bond donors (Lipinski definition) is 0. The van der Waals surface area contributed by atoms with Gasteiger partial charge in [-0.05, 0) is 109 Å². The van der Waals surface area contributed by atoms with E-state index in [1.807, 2.05) is 72.8 Å². The summed E-state index contributed by atoms with van der Waals surface area (Å²) in [6.45, 7) is 0. The minimum Gasteiger partial charge on any atom is -0.464 e. The first-order valence-corrected chi connectivity index (χ1v) is 23.9. The quantitative estimate of drug-likeness (QED) is 0.163. The summed E-state index contributed by atoms with van der Waals surface area (Å²) < 4.78 is 24.3. The van der Waals surface area contributed by atoms with E-state index < -0.39 is 0 Å². The molecule has 15 rings (SSSR count). The summed E-state index contributed by atoms with van der Waals surface area (Å²) in [5.41, 5.74) is 12.8. The summed E-state index contributed by atoms with van der Waals surface area (Å²) in [4.78, 5) is 40.6. The monoisotopic (exact) mass is 944 g/mol. The highest BCUT2D eigenvalue weighted by Gasteiger charge is 2.23. The zero-order valence-corrected chi connectivity index (χ0v) is 38.5. The molecule has 0 bridgehead atoms. The average Bonchev–Trinajstić information content (AvgIpc) is 4.06. The van der Waals surface area contributed by atoms with Crippen molar-refractivity contribution in [1.82, 2.24) is 13.7 Å². The number of aromatic nitrogens is 3. The van der Waals surface area contributed by atoms with Crippen molar-refractivity contribution < 1.29 is 13.3 Å². The fourth-order valence-corrected chi connectivity index (χ4v) is 11.2. The Balaban J connectivity index is 0.970. The van der Waals surface area contributed by atoms with Gasteiger partial charge in [0, 0.05) is 103 Å². The van der Waals surface area contributed by atoms with Crippen LogP contribution < -0.4 is 21.2 Å². The Morgan fingerprint density at radius 2 is 0.575 bits per heavy atom. The maximum Gasteiger partial charge on any atom is 0.192 e. The SMILES string of the molecule is O=c1ccoc2cc(-n3c4ccccc4c4cc(N(c5ccc6c(c5)c5ccccc5n6-c5ccc6c(=O)ccoc6c5)c5ccc6c(c5)c5ccccc5n6-c5ccc6c(=O)ccoc6c5)ccc43)ccc12. The van der Waals surface area contributed by atoms with Crippen molar-refractivity contribution in [2.45, 2.75) is 0 Å². The molecule has 0 radical (unpaired) electrons. The van der Waals surface area contributed by atoms with Gasteiger partial charge in [-0.2, -0.15) is 0 Å². The second-order valence-corrected chi connectivity index (χ2v) is 18.4. The predicted molar refractivity (Wildman–Crippen MR) is 292 cm³/mol. The number of anilines is 3.